The zero-order valence-electron chi connectivity index (χ0n) is 15.0. The number of hydrogen-bond donors (Lipinski definition) is 0. The van der Waals surface area contributed by atoms with Crippen LogP contribution < -0.4 is 0 Å². The average molecular weight is 319 g/mol. The molecule has 1 amide bonds. The number of fused-ring (bicyclic) bond motifs is 3. The summed E-state index contributed by atoms with van der Waals surface area (Å²) in [5.74, 6) is 0.418. The smallest absolute Gasteiger partial charge is 0.410 e. The largest absolute Gasteiger partial charge is 0.446 e. The summed E-state index contributed by atoms with van der Waals surface area (Å²) in [5, 5.41) is 0. The quantitative estimate of drug-likeness (QED) is 0.801. The van der Waals surface area contributed by atoms with Crippen LogP contribution >= 0.6 is 0 Å². The molecule has 0 aromatic heterocycles. The van der Waals surface area contributed by atoms with Gasteiger partial charge in [-0.3, -0.25) is 0 Å². The standard InChI is InChI=1S/C18H29N3O2/c1-6-21(7-2)17(22)23-13-8-9-15-14(12-13)18(3)10-11-19(4)16(18)20(15)5/h9-11,13-14,16H,6-8,12H2,1-5H3. The summed E-state index contributed by atoms with van der Waals surface area (Å²) in [6, 6.07) is 0. The number of amides is 1. The van der Waals surface area contributed by atoms with Gasteiger partial charge in [-0.25, -0.2) is 4.79 Å². The third-order valence-electron chi connectivity index (χ3n) is 5.87. The fourth-order valence-electron chi connectivity index (χ4n) is 4.64. The van der Waals surface area contributed by atoms with Gasteiger partial charge in [0.05, 0.1) is 0 Å². The lowest BCUT2D eigenvalue weighted by Gasteiger charge is -2.34. The van der Waals surface area contributed by atoms with Crippen LogP contribution in [0.5, 0.6) is 0 Å². The third-order valence-corrected chi connectivity index (χ3v) is 5.87. The molecule has 4 atom stereocenters. The molecular weight excluding hydrogens is 290 g/mol. The van der Waals surface area contributed by atoms with Crippen molar-refractivity contribution in [1.29, 1.82) is 0 Å². The second-order valence-electron chi connectivity index (χ2n) is 7.16. The summed E-state index contributed by atoms with van der Waals surface area (Å²) < 4.78 is 5.79. The van der Waals surface area contributed by atoms with E-state index < -0.39 is 0 Å². The molecule has 0 saturated carbocycles. The van der Waals surface area contributed by atoms with Crippen LogP contribution in [0.4, 0.5) is 4.79 Å². The normalized spacial score (nSPS) is 35.0. The van der Waals surface area contributed by atoms with E-state index in [1.54, 1.807) is 4.90 Å². The van der Waals surface area contributed by atoms with Crippen LogP contribution in [0.3, 0.4) is 0 Å². The highest BCUT2D eigenvalue weighted by Crippen LogP contribution is 2.55. The first-order valence-electron chi connectivity index (χ1n) is 8.72. The molecule has 5 nitrogen and oxygen atoms in total. The molecule has 0 N–H and O–H groups in total. The Hall–Kier alpha value is -1.65. The lowest BCUT2D eigenvalue weighted by Crippen LogP contribution is -2.42. The zero-order chi connectivity index (χ0) is 16.8. The Morgan fingerprint density at radius 2 is 2.09 bits per heavy atom. The molecule has 0 aromatic carbocycles. The number of nitrogens with zero attached hydrogens (tertiary/aromatic N) is 3. The average Bonchev–Trinajstić information content (AvgIpc) is 2.94. The molecule has 1 aliphatic carbocycles. The highest BCUT2D eigenvalue weighted by molar-refractivity contribution is 5.67. The van der Waals surface area contributed by atoms with Gasteiger partial charge in [-0.15, -0.1) is 0 Å². The van der Waals surface area contributed by atoms with E-state index in [1.165, 1.54) is 5.70 Å². The molecule has 4 unspecified atom stereocenters. The van der Waals surface area contributed by atoms with Gasteiger partial charge in [-0.05, 0) is 26.5 Å². The summed E-state index contributed by atoms with van der Waals surface area (Å²) in [6.45, 7) is 7.69. The monoisotopic (exact) mass is 319 g/mol. The van der Waals surface area contributed by atoms with E-state index in [1.807, 2.05) is 13.8 Å². The highest BCUT2D eigenvalue weighted by Gasteiger charge is 2.56. The molecule has 2 heterocycles. The Kier molecular flexibility index (Phi) is 4.07. The Labute approximate surface area is 139 Å². The molecule has 3 aliphatic rings. The predicted molar refractivity (Wildman–Crippen MR) is 90.6 cm³/mol. The van der Waals surface area contributed by atoms with Crippen molar-refractivity contribution >= 4 is 6.09 Å². The Morgan fingerprint density at radius 3 is 2.74 bits per heavy atom. The van der Waals surface area contributed by atoms with E-state index in [0.717, 1.165) is 12.8 Å². The Bertz CT molecular complexity index is 540. The topological polar surface area (TPSA) is 36.0 Å². The molecule has 2 aliphatic heterocycles. The van der Waals surface area contributed by atoms with Gasteiger partial charge in [-0.1, -0.05) is 19.1 Å². The molecule has 0 bridgehead atoms. The molecular formula is C18H29N3O2. The van der Waals surface area contributed by atoms with Crippen molar-refractivity contribution in [3.05, 3.63) is 24.0 Å². The lowest BCUT2D eigenvalue weighted by atomic mass is 9.73. The molecule has 128 valence electrons. The van der Waals surface area contributed by atoms with E-state index in [2.05, 4.69) is 49.2 Å². The summed E-state index contributed by atoms with van der Waals surface area (Å²) in [7, 11) is 4.32. The van der Waals surface area contributed by atoms with Crippen molar-refractivity contribution < 1.29 is 9.53 Å². The van der Waals surface area contributed by atoms with Gasteiger partial charge in [-0.2, -0.15) is 0 Å². The number of hydrogen-bond acceptors (Lipinski definition) is 4. The molecule has 3 rings (SSSR count). The number of allylic oxidation sites excluding steroid dienone is 1. The zero-order valence-corrected chi connectivity index (χ0v) is 15.0. The molecule has 0 spiro atoms. The van der Waals surface area contributed by atoms with Crippen LogP contribution in [0.1, 0.15) is 33.6 Å². The minimum Gasteiger partial charge on any atom is -0.446 e. The fraction of sp³-hybridized carbons (Fsp3) is 0.722. The van der Waals surface area contributed by atoms with Gasteiger partial charge in [0.2, 0.25) is 0 Å². The second kappa shape index (κ2) is 5.77. The Morgan fingerprint density at radius 1 is 1.39 bits per heavy atom. The number of ether oxygens (including phenoxy) is 1. The molecule has 23 heavy (non-hydrogen) atoms. The van der Waals surface area contributed by atoms with Crippen LogP contribution in [0.25, 0.3) is 0 Å². The third kappa shape index (κ3) is 2.41. The van der Waals surface area contributed by atoms with Crippen LogP contribution in [-0.4, -0.2) is 60.2 Å². The second-order valence-corrected chi connectivity index (χ2v) is 7.16. The van der Waals surface area contributed by atoms with E-state index in [-0.39, 0.29) is 17.6 Å². The van der Waals surface area contributed by atoms with E-state index in [4.69, 9.17) is 4.74 Å². The number of rotatable bonds is 3. The summed E-state index contributed by atoms with van der Waals surface area (Å²) in [5.41, 5.74) is 1.50. The molecule has 0 aromatic rings. The van der Waals surface area contributed by atoms with Gasteiger partial charge in [0, 0.05) is 50.6 Å². The first kappa shape index (κ1) is 16.2. The minimum atomic E-state index is -0.177. The van der Waals surface area contributed by atoms with Gasteiger partial charge >= 0.3 is 6.09 Å². The first-order valence-corrected chi connectivity index (χ1v) is 8.72. The lowest BCUT2D eigenvalue weighted by molar-refractivity contribution is 0.0448. The predicted octanol–water partition coefficient (Wildman–Crippen LogP) is 2.86. The minimum absolute atomic E-state index is 0.0138. The number of likely N-dealkylation sites (tertiary alicyclic amines) is 1. The van der Waals surface area contributed by atoms with Crippen molar-refractivity contribution in [2.45, 2.75) is 45.9 Å². The van der Waals surface area contributed by atoms with Crippen LogP contribution in [0, 0.1) is 11.3 Å². The van der Waals surface area contributed by atoms with E-state index in [9.17, 15) is 4.79 Å². The van der Waals surface area contributed by atoms with Crippen molar-refractivity contribution in [1.82, 2.24) is 14.7 Å². The maximum absolute atomic E-state index is 12.2. The summed E-state index contributed by atoms with van der Waals surface area (Å²) in [6.07, 6.45) is 8.70. The maximum atomic E-state index is 12.2. The van der Waals surface area contributed by atoms with Crippen LogP contribution in [0.2, 0.25) is 0 Å². The summed E-state index contributed by atoms with van der Waals surface area (Å²) in [4.78, 5) is 18.7. The maximum Gasteiger partial charge on any atom is 0.410 e. The Balaban J connectivity index is 1.75. The highest BCUT2D eigenvalue weighted by atomic mass is 16.6. The van der Waals surface area contributed by atoms with Crippen LogP contribution in [0.15, 0.2) is 24.0 Å². The van der Waals surface area contributed by atoms with Crippen LogP contribution in [-0.2, 0) is 4.74 Å². The van der Waals surface area contributed by atoms with Crippen molar-refractivity contribution in [2.75, 3.05) is 27.2 Å². The van der Waals surface area contributed by atoms with Gasteiger partial charge in [0.1, 0.15) is 12.3 Å². The van der Waals surface area contributed by atoms with Gasteiger partial charge in [0.25, 0.3) is 0 Å². The molecule has 5 heteroatoms. The van der Waals surface area contributed by atoms with Crippen molar-refractivity contribution in [3.63, 3.8) is 0 Å². The fourth-order valence-corrected chi connectivity index (χ4v) is 4.64. The first-order chi connectivity index (χ1) is 10.9. The molecule has 1 fully saturated rings. The number of carbonyl (C=O) groups is 1. The van der Waals surface area contributed by atoms with Gasteiger partial charge in [0.15, 0.2) is 0 Å². The summed E-state index contributed by atoms with van der Waals surface area (Å²) >= 11 is 0. The van der Waals surface area contributed by atoms with E-state index in [0.29, 0.717) is 25.2 Å². The number of carbonyl (C=O) groups excluding carboxylic acids is 1. The SMILES string of the molecule is CCN(CC)C(=O)OC1CC=C2C(C1)C1(C)C=CN(C)C1N2C. The van der Waals surface area contributed by atoms with Gasteiger partial charge < -0.3 is 19.4 Å². The van der Waals surface area contributed by atoms with Crippen molar-refractivity contribution in [2.24, 2.45) is 11.3 Å². The molecule has 0 radical (unpaired) electrons. The molecule has 1 saturated heterocycles. The van der Waals surface area contributed by atoms with E-state index >= 15 is 0 Å². The van der Waals surface area contributed by atoms with Crippen molar-refractivity contribution in [3.8, 4) is 0 Å².